The number of para-hydroxylation sites is 2. The Hall–Kier alpha value is -2.06. The Morgan fingerprint density at radius 1 is 1.47 bits per heavy atom. The number of amides is 1. The summed E-state index contributed by atoms with van der Waals surface area (Å²) in [6.07, 6.45) is -0.00201. The van der Waals surface area contributed by atoms with Crippen molar-refractivity contribution in [3.05, 3.63) is 24.3 Å². The Bertz CT molecular complexity index is 508. The van der Waals surface area contributed by atoms with Gasteiger partial charge in [0, 0.05) is 0 Å². The van der Waals surface area contributed by atoms with Gasteiger partial charge in [0.2, 0.25) is 0 Å². The maximum absolute atomic E-state index is 12.0. The highest BCUT2D eigenvalue weighted by atomic mass is 16.5. The first-order valence-corrected chi connectivity index (χ1v) is 6.18. The lowest BCUT2D eigenvalue weighted by Gasteiger charge is -2.32. The van der Waals surface area contributed by atoms with Gasteiger partial charge in [-0.1, -0.05) is 12.1 Å². The first kappa shape index (κ1) is 13.4. The predicted molar refractivity (Wildman–Crippen MR) is 69.9 cm³/mol. The molecule has 5 nitrogen and oxygen atoms in total. The highest BCUT2D eigenvalue weighted by molar-refractivity contribution is 5.97. The van der Waals surface area contributed by atoms with Crippen LogP contribution in [0.3, 0.4) is 0 Å². The van der Waals surface area contributed by atoms with E-state index in [0.29, 0.717) is 11.4 Å². The van der Waals surface area contributed by atoms with E-state index in [-0.39, 0.29) is 25.2 Å². The van der Waals surface area contributed by atoms with Crippen molar-refractivity contribution in [3.63, 3.8) is 0 Å². The summed E-state index contributed by atoms with van der Waals surface area (Å²) in [5.74, 6) is 0.380. The molecule has 1 aliphatic rings. The maximum atomic E-state index is 12.0. The zero-order valence-electron chi connectivity index (χ0n) is 11.0. The molecule has 0 aliphatic carbocycles. The Labute approximate surface area is 112 Å². The lowest BCUT2D eigenvalue weighted by atomic mass is 10.2. The van der Waals surface area contributed by atoms with Crippen molar-refractivity contribution < 1.29 is 14.3 Å². The molecular weight excluding hydrogens is 244 g/mol. The number of carbonyl (C=O) groups excluding carboxylic acids is 1. The molecular formula is C14H16N2O3. The fourth-order valence-electron chi connectivity index (χ4n) is 1.98. The fourth-order valence-corrected chi connectivity index (χ4v) is 1.98. The van der Waals surface area contributed by atoms with Gasteiger partial charge in [0.15, 0.2) is 0 Å². The maximum Gasteiger partial charge on any atom is 0.254 e. The van der Waals surface area contributed by atoms with Crippen LogP contribution < -0.4 is 9.64 Å². The molecule has 1 fully saturated rings. The Morgan fingerprint density at radius 3 is 2.89 bits per heavy atom. The number of hydrogen-bond donors (Lipinski definition) is 0. The minimum absolute atomic E-state index is 0.00201. The summed E-state index contributed by atoms with van der Waals surface area (Å²) in [5.41, 5.74) is 0.621. The molecule has 100 valence electrons. The molecule has 0 radical (unpaired) electrons. The van der Waals surface area contributed by atoms with Gasteiger partial charge in [0.1, 0.15) is 18.4 Å². The third kappa shape index (κ3) is 2.85. The highest BCUT2D eigenvalue weighted by Gasteiger charge is 2.31. The van der Waals surface area contributed by atoms with Crippen LogP contribution in [0, 0.1) is 11.3 Å². The van der Waals surface area contributed by atoms with Gasteiger partial charge in [-0.25, -0.2) is 0 Å². The zero-order valence-corrected chi connectivity index (χ0v) is 11.0. The molecule has 2 rings (SSSR count). The van der Waals surface area contributed by atoms with Crippen LogP contribution in [0.4, 0.5) is 5.69 Å². The molecule has 0 spiro atoms. The van der Waals surface area contributed by atoms with Crippen molar-refractivity contribution in [2.75, 3.05) is 18.1 Å². The van der Waals surface area contributed by atoms with Crippen molar-refractivity contribution in [2.24, 2.45) is 0 Å². The number of hydrogen-bond acceptors (Lipinski definition) is 4. The van der Waals surface area contributed by atoms with Gasteiger partial charge in [0.25, 0.3) is 5.91 Å². The number of rotatable bonds is 3. The average molecular weight is 260 g/mol. The second-order valence-electron chi connectivity index (χ2n) is 4.56. The molecule has 0 saturated carbocycles. The van der Waals surface area contributed by atoms with Gasteiger partial charge in [-0.05, 0) is 26.0 Å². The van der Waals surface area contributed by atoms with Gasteiger partial charge in [-0.15, -0.1) is 0 Å². The van der Waals surface area contributed by atoms with E-state index in [1.807, 2.05) is 26.0 Å². The van der Waals surface area contributed by atoms with Crippen LogP contribution in [-0.2, 0) is 9.53 Å². The van der Waals surface area contributed by atoms with Gasteiger partial charge >= 0.3 is 0 Å². The lowest BCUT2D eigenvalue weighted by Crippen LogP contribution is -2.49. The summed E-state index contributed by atoms with van der Waals surface area (Å²) in [7, 11) is 0. The van der Waals surface area contributed by atoms with Crippen molar-refractivity contribution in [3.8, 4) is 11.8 Å². The van der Waals surface area contributed by atoms with Crippen LogP contribution in [0.25, 0.3) is 0 Å². The predicted octanol–water partition coefficient (Wildman–Crippen LogP) is 1.73. The average Bonchev–Trinajstić information content (AvgIpc) is 2.39. The Kier molecular flexibility index (Phi) is 4.03. The molecule has 0 bridgehead atoms. The van der Waals surface area contributed by atoms with Crippen molar-refractivity contribution in [2.45, 2.75) is 26.0 Å². The van der Waals surface area contributed by atoms with E-state index in [1.165, 1.54) is 4.90 Å². The topological polar surface area (TPSA) is 62.6 Å². The summed E-state index contributed by atoms with van der Waals surface area (Å²) in [4.78, 5) is 13.5. The van der Waals surface area contributed by atoms with E-state index in [0.717, 1.165) is 0 Å². The van der Waals surface area contributed by atoms with Crippen LogP contribution >= 0.6 is 0 Å². The van der Waals surface area contributed by atoms with Crippen LogP contribution in [0.5, 0.6) is 5.75 Å². The molecule has 1 aromatic rings. The summed E-state index contributed by atoms with van der Waals surface area (Å²) in [5, 5.41) is 9.15. The van der Waals surface area contributed by atoms with Crippen LogP contribution in [0.15, 0.2) is 24.3 Å². The second kappa shape index (κ2) is 5.72. The molecule has 1 aromatic carbocycles. The minimum atomic E-state index is -0.613. The summed E-state index contributed by atoms with van der Waals surface area (Å²) in [6, 6.07) is 8.72. The fraction of sp³-hybridized carbons (Fsp3) is 0.429. The molecule has 1 amide bonds. The number of ether oxygens (including phenoxy) is 2. The highest BCUT2D eigenvalue weighted by Crippen LogP contribution is 2.31. The monoisotopic (exact) mass is 260 g/mol. The quantitative estimate of drug-likeness (QED) is 0.830. The third-order valence-electron chi connectivity index (χ3n) is 2.72. The largest absolute Gasteiger partial charge is 0.489 e. The normalized spacial score (nSPS) is 19.4. The third-order valence-corrected chi connectivity index (χ3v) is 2.72. The van der Waals surface area contributed by atoms with Crippen LogP contribution in [-0.4, -0.2) is 31.3 Å². The van der Waals surface area contributed by atoms with E-state index in [1.54, 1.807) is 12.1 Å². The van der Waals surface area contributed by atoms with Gasteiger partial charge in [-0.2, -0.15) is 5.26 Å². The minimum Gasteiger partial charge on any atom is -0.489 e. The number of anilines is 1. The Morgan fingerprint density at radius 2 is 2.21 bits per heavy atom. The van der Waals surface area contributed by atoms with Gasteiger partial charge in [0.05, 0.1) is 24.5 Å². The number of morpholine rings is 1. The molecule has 1 heterocycles. The SMILES string of the molecule is CC(C)Oc1ccccc1N1C(=O)COCC1C#N. The van der Waals surface area contributed by atoms with Crippen molar-refractivity contribution in [1.82, 2.24) is 0 Å². The lowest BCUT2D eigenvalue weighted by molar-refractivity contribution is -0.126. The molecule has 1 saturated heterocycles. The molecule has 1 aliphatic heterocycles. The number of benzene rings is 1. The molecule has 1 unspecified atom stereocenters. The molecule has 19 heavy (non-hydrogen) atoms. The van der Waals surface area contributed by atoms with E-state index in [9.17, 15) is 4.79 Å². The van der Waals surface area contributed by atoms with Crippen molar-refractivity contribution in [1.29, 1.82) is 5.26 Å². The smallest absolute Gasteiger partial charge is 0.254 e. The van der Waals surface area contributed by atoms with Crippen LogP contribution in [0.1, 0.15) is 13.8 Å². The van der Waals surface area contributed by atoms with E-state index >= 15 is 0 Å². The Balaban J connectivity index is 2.38. The number of nitrogens with zero attached hydrogens (tertiary/aromatic N) is 2. The second-order valence-corrected chi connectivity index (χ2v) is 4.56. The van der Waals surface area contributed by atoms with E-state index < -0.39 is 6.04 Å². The van der Waals surface area contributed by atoms with Gasteiger partial charge in [-0.3, -0.25) is 9.69 Å². The van der Waals surface area contributed by atoms with Crippen molar-refractivity contribution >= 4 is 11.6 Å². The number of carbonyl (C=O) groups is 1. The molecule has 1 atom stereocenters. The van der Waals surface area contributed by atoms with Gasteiger partial charge < -0.3 is 9.47 Å². The molecule has 0 aromatic heterocycles. The van der Waals surface area contributed by atoms with Crippen LogP contribution in [0.2, 0.25) is 0 Å². The number of nitriles is 1. The standard InChI is InChI=1S/C14H16N2O3/c1-10(2)19-13-6-4-3-5-12(13)16-11(7-15)8-18-9-14(16)17/h3-6,10-11H,8-9H2,1-2H3. The molecule has 0 N–H and O–H groups in total. The van der Waals surface area contributed by atoms with E-state index in [2.05, 4.69) is 6.07 Å². The summed E-state index contributed by atoms with van der Waals surface area (Å²) < 4.78 is 10.8. The molecule has 5 heteroatoms. The zero-order chi connectivity index (χ0) is 13.8. The first-order chi connectivity index (χ1) is 9.13. The summed E-state index contributed by atoms with van der Waals surface area (Å²) in [6.45, 7) is 4.05. The van der Waals surface area contributed by atoms with E-state index in [4.69, 9.17) is 14.7 Å². The summed E-state index contributed by atoms with van der Waals surface area (Å²) >= 11 is 0. The first-order valence-electron chi connectivity index (χ1n) is 6.18.